The van der Waals surface area contributed by atoms with Crippen molar-refractivity contribution in [2.75, 3.05) is 6.54 Å². The van der Waals surface area contributed by atoms with Crippen molar-refractivity contribution in [2.24, 2.45) is 0 Å². The monoisotopic (exact) mass is 261 g/mol. The van der Waals surface area contributed by atoms with Gasteiger partial charge in [-0.1, -0.05) is 42.5 Å². The van der Waals surface area contributed by atoms with Crippen LogP contribution in [-0.4, -0.2) is 12.6 Å². The number of rotatable bonds is 1. The first-order chi connectivity index (χ1) is 9.84. The lowest BCUT2D eigenvalue weighted by atomic mass is 9.90. The molecule has 0 unspecified atom stereocenters. The predicted octanol–water partition coefficient (Wildman–Crippen LogP) is 3.70. The molecule has 1 N–H and O–H groups in total. The molecule has 2 aromatic carbocycles. The van der Waals surface area contributed by atoms with Crippen LogP contribution in [0.15, 0.2) is 54.2 Å². The van der Waals surface area contributed by atoms with Gasteiger partial charge in [-0.25, -0.2) is 0 Å². The molecule has 2 aliphatic rings. The Hall–Kier alpha value is -2.06. The van der Waals surface area contributed by atoms with Gasteiger partial charge in [0.2, 0.25) is 0 Å². The fraction of sp³-hybridized carbons (Fsp3) is 0.222. The first-order valence-corrected chi connectivity index (χ1v) is 7.21. The van der Waals surface area contributed by atoms with Crippen molar-refractivity contribution in [2.45, 2.75) is 19.4 Å². The quantitative estimate of drug-likeness (QED) is 0.832. The highest BCUT2D eigenvalue weighted by Gasteiger charge is 2.30. The maximum absolute atomic E-state index is 4.86. The first-order valence-electron chi connectivity index (χ1n) is 7.21. The summed E-state index contributed by atoms with van der Waals surface area (Å²) in [6.45, 7) is 3.24. The molecule has 1 radical (unpaired) electrons. The summed E-state index contributed by atoms with van der Waals surface area (Å²) in [4.78, 5) is 0. The van der Waals surface area contributed by atoms with Gasteiger partial charge < -0.3 is 5.32 Å². The summed E-state index contributed by atoms with van der Waals surface area (Å²) in [5.74, 6) is 0. The fourth-order valence-electron chi connectivity index (χ4n) is 3.26. The van der Waals surface area contributed by atoms with Crippen molar-refractivity contribution in [1.29, 1.82) is 0 Å². The molecule has 0 aliphatic carbocycles. The first kappa shape index (κ1) is 11.7. The largest absolute Gasteiger partial charge is 0.309 e. The van der Waals surface area contributed by atoms with E-state index >= 15 is 0 Å². The fourth-order valence-corrected chi connectivity index (χ4v) is 3.26. The Bertz CT molecular complexity index is 686. The highest BCUT2D eigenvalue weighted by atomic mass is 15.0. The molecule has 99 valence electrons. The van der Waals surface area contributed by atoms with Crippen LogP contribution in [0, 0.1) is 0 Å². The molecule has 0 aromatic heterocycles. The van der Waals surface area contributed by atoms with Crippen LogP contribution in [0.5, 0.6) is 0 Å². The number of nitrogens with one attached hydrogen (secondary N) is 1. The lowest BCUT2D eigenvalue weighted by molar-refractivity contribution is 0.577. The van der Waals surface area contributed by atoms with E-state index in [1.165, 1.54) is 28.0 Å². The average Bonchev–Trinajstić information content (AvgIpc) is 2.88. The highest BCUT2D eigenvalue weighted by Crippen LogP contribution is 2.44. The van der Waals surface area contributed by atoms with Crippen LogP contribution in [0.25, 0.3) is 16.7 Å². The zero-order valence-electron chi connectivity index (χ0n) is 11.6. The molecule has 2 aliphatic heterocycles. The van der Waals surface area contributed by atoms with E-state index in [-0.39, 0.29) is 0 Å². The van der Waals surface area contributed by atoms with E-state index in [1.54, 1.807) is 0 Å². The second-order valence-corrected chi connectivity index (χ2v) is 5.47. The topological polar surface area (TPSA) is 26.1 Å². The summed E-state index contributed by atoms with van der Waals surface area (Å²) in [5.41, 5.74) is 7.74. The highest BCUT2D eigenvalue weighted by molar-refractivity contribution is 5.92. The van der Waals surface area contributed by atoms with E-state index in [1.807, 2.05) is 0 Å². The molecule has 4 rings (SSSR count). The van der Waals surface area contributed by atoms with E-state index in [0.717, 1.165) is 18.7 Å². The Morgan fingerprint density at radius 2 is 1.90 bits per heavy atom. The molecule has 1 atom stereocenters. The Morgan fingerprint density at radius 1 is 1.05 bits per heavy atom. The second-order valence-electron chi connectivity index (χ2n) is 5.47. The van der Waals surface area contributed by atoms with Crippen molar-refractivity contribution in [3.8, 4) is 11.1 Å². The van der Waals surface area contributed by atoms with Crippen LogP contribution >= 0.6 is 0 Å². The molecular weight excluding hydrogens is 244 g/mol. The van der Waals surface area contributed by atoms with E-state index in [4.69, 9.17) is 5.32 Å². The predicted molar refractivity (Wildman–Crippen MR) is 82.7 cm³/mol. The molecule has 0 bridgehead atoms. The minimum Gasteiger partial charge on any atom is -0.309 e. The van der Waals surface area contributed by atoms with Gasteiger partial charge in [0.1, 0.15) is 0 Å². The van der Waals surface area contributed by atoms with Gasteiger partial charge in [0, 0.05) is 11.6 Å². The molecule has 2 heterocycles. The van der Waals surface area contributed by atoms with Crippen molar-refractivity contribution < 1.29 is 0 Å². The van der Waals surface area contributed by atoms with Crippen LogP contribution < -0.4 is 10.6 Å². The van der Waals surface area contributed by atoms with Gasteiger partial charge in [0.25, 0.3) is 0 Å². The summed E-state index contributed by atoms with van der Waals surface area (Å²) in [7, 11) is 0. The Balaban J connectivity index is 1.92. The molecule has 2 aromatic rings. The lowest BCUT2D eigenvalue weighted by Crippen LogP contribution is -2.34. The normalized spacial score (nSPS) is 20.4. The number of nitrogens with zero attached hydrogens (tertiary/aromatic N) is 1. The van der Waals surface area contributed by atoms with Crippen LogP contribution in [0.3, 0.4) is 0 Å². The Morgan fingerprint density at radius 3 is 2.75 bits per heavy atom. The second kappa shape index (κ2) is 4.50. The summed E-state index contributed by atoms with van der Waals surface area (Å²) in [6, 6.07) is 17.4. The van der Waals surface area contributed by atoms with Gasteiger partial charge >= 0.3 is 0 Å². The van der Waals surface area contributed by atoms with Crippen LogP contribution in [0.2, 0.25) is 0 Å². The summed E-state index contributed by atoms with van der Waals surface area (Å²) in [6.07, 6.45) is 1.07. The van der Waals surface area contributed by atoms with Gasteiger partial charge in [-0.05, 0) is 42.7 Å². The third kappa shape index (κ3) is 1.69. The van der Waals surface area contributed by atoms with E-state index < -0.39 is 0 Å². The molecule has 20 heavy (non-hydrogen) atoms. The van der Waals surface area contributed by atoms with Crippen molar-refractivity contribution in [3.05, 3.63) is 59.8 Å². The summed E-state index contributed by atoms with van der Waals surface area (Å²) >= 11 is 0. The maximum Gasteiger partial charge on any atom is 0.0715 e. The van der Waals surface area contributed by atoms with Gasteiger partial charge in [0.05, 0.1) is 11.4 Å². The van der Waals surface area contributed by atoms with Crippen molar-refractivity contribution >= 4 is 11.3 Å². The minimum atomic E-state index is 0.356. The van der Waals surface area contributed by atoms with Gasteiger partial charge in [-0.3, -0.25) is 5.32 Å². The number of benzene rings is 2. The standard InChI is InChI=1S/C18H17N2/c1-12-18-15(10-11-19-12)17-14(8-5-9-16(17)20-18)13-6-3-2-4-7-13/h2-9,12,19H,10-11H2,1H3/t12-/m1/s1. The van der Waals surface area contributed by atoms with E-state index in [2.05, 4.69) is 60.8 Å². The number of hydrogen-bond acceptors (Lipinski definition) is 1. The molecule has 0 spiro atoms. The minimum absolute atomic E-state index is 0.356. The lowest BCUT2D eigenvalue weighted by Gasteiger charge is -2.22. The Labute approximate surface area is 119 Å². The van der Waals surface area contributed by atoms with Gasteiger partial charge in [-0.2, -0.15) is 0 Å². The molecule has 2 nitrogen and oxygen atoms in total. The van der Waals surface area contributed by atoms with Crippen LogP contribution in [0.1, 0.15) is 18.9 Å². The summed E-state index contributed by atoms with van der Waals surface area (Å²) in [5, 5.41) is 8.35. The van der Waals surface area contributed by atoms with E-state index in [9.17, 15) is 0 Å². The molecule has 2 heteroatoms. The molecule has 0 fully saturated rings. The third-order valence-corrected chi connectivity index (χ3v) is 4.21. The number of hydrogen-bond donors (Lipinski definition) is 1. The summed E-state index contributed by atoms with van der Waals surface area (Å²) < 4.78 is 0. The van der Waals surface area contributed by atoms with Crippen molar-refractivity contribution in [1.82, 2.24) is 10.6 Å². The van der Waals surface area contributed by atoms with Crippen LogP contribution in [0.4, 0.5) is 5.69 Å². The average molecular weight is 261 g/mol. The number of fused-ring (bicyclic) bond motifs is 2. The third-order valence-electron chi connectivity index (χ3n) is 4.21. The van der Waals surface area contributed by atoms with Gasteiger partial charge in [-0.15, -0.1) is 0 Å². The van der Waals surface area contributed by atoms with Gasteiger partial charge in [0.15, 0.2) is 0 Å². The zero-order chi connectivity index (χ0) is 13.5. The molecule has 0 saturated carbocycles. The zero-order valence-corrected chi connectivity index (χ0v) is 11.6. The molecular formula is C18H17N2. The smallest absolute Gasteiger partial charge is 0.0715 e. The Kier molecular flexibility index (Phi) is 2.64. The van der Waals surface area contributed by atoms with Crippen LogP contribution in [-0.2, 0) is 0 Å². The maximum atomic E-state index is 4.86. The SMILES string of the molecule is C[C@H]1NCCC2=C1[N]c1cccc(-c3ccccc3)c12. The van der Waals surface area contributed by atoms with E-state index in [0.29, 0.717) is 6.04 Å². The molecule has 0 amide bonds. The molecule has 0 saturated heterocycles. The van der Waals surface area contributed by atoms with Crippen molar-refractivity contribution in [3.63, 3.8) is 0 Å².